The van der Waals surface area contributed by atoms with E-state index in [1.54, 1.807) is 0 Å². The molecule has 9 heteroatoms. The maximum Gasteiger partial charge on any atom is 0.492 e. The van der Waals surface area contributed by atoms with Gasteiger partial charge in [-0.15, -0.1) is 0 Å². The van der Waals surface area contributed by atoms with Crippen LogP contribution in [0, 0.1) is 5.92 Å². The Morgan fingerprint density at radius 3 is 2.18 bits per heavy atom. The second kappa shape index (κ2) is 7.35. The smallest absolute Gasteiger partial charge is 0.481 e. The highest BCUT2D eigenvalue weighted by Crippen LogP contribution is 2.03. The Balaban J connectivity index is 3.76. The third kappa shape index (κ3) is 9.90. The second-order valence-electron chi connectivity index (χ2n) is 3.72. The first kappa shape index (κ1) is 16.0. The van der Waals surface area contributed by atoms with Crippen molar-refractivity contribution < 1.29 is 34.2 Å². The maximum atomic E-state index is 10.6. The van der Waals surface area contributed by atoms with Gasteiger partial charge in [0.15, 0.2) is 0 Å². The van der Waals surface area contributed by atoms with E-state index in [4.69, 9.17) is 24.6 Å². The van der Waals surface area contributed by atoms with Crippen LogP contribution < -0.4 is 5.32 Å². The van der Waals surface area contributed by atoms with Crippen molar-refractivity contribution in [3.05, 3.63) is 0 Å². The average molecular weight is 267 g/mol. The predicted octanol–water partition coefficient (Wildman–Crippen LogP) is -1.94. The number of carbonyl (C=O) groups is 2. The number of carboxylic acids is 2. The van der Waals surface area contributed by atoms with E-state index in [0.717, 1.165) is 0 Å². The lowest BCUT2D eigenvalue weighted by atomic mass is 10.1. The van der Waals surface area contributed by atoms with E-state index in [0.29, 0.717) is 0 Å². The van der Waals surface area contributed by atoms with Crippen LogP contribution in [-0.2, 0) is 9.59 Å². The fourth-order valence-electron chi connectivity index (χ4n) is 1.18. The molecule has 1 unspecified atom stereocenters. The van der Waals surface area contributed by atoms with Crippen LogP contribution in [0.4, 0.5) is 0 Å². The molecule has 0 saturated carbocycles. The van der Waals surface area contributed by atoms with Gasteiger partial charge in [-0.3, -0.25) is 9.59 Å². The number of hydrogen-bond acceptors (Lipinski definition) is 6. The predicted molar refractivity (Wildman–Crippen MR) is 58.1 cm³/mol. The van der Waals surface area contributed by atoms with Gasteiger partial charge < -0.3 is 29.9 Å². The summed E-state index contributed by atoms with van der Waals surface area (Å²) >= 11 is 0. The Hall–Kier alpha value is -1.00. The minimum Gasteiger partial charge on any atom is -0.481 e. The zero-order valence-corrected chi connectivity index (χ0v) is 10.2. The van der Waals surface area contributed by atoms with Gasteiger partial charge in [0.2, 0.25) is 0 Å². The molecule has 8 nitrogen and oxygen atoms in total. The first-order valence-corrected chi connectivity index (χ1v) is 7.09. The molecule has 0 aliphatic heterocycles. The lowest BCUT2D eigenvalue weighted by Gasteiger charge is -2.12. The normalized spacial score (nSPS) is 13.4. The van der Waals surface area contributed by atoms with Crippen LogP contribution in [-0.4, -0.2) is 58.4 Å². The van der Waals surface area contributed by atoms with Crippen molar-refractivity contribution in [1.82, 2.24) is 5.32 Å². The van der Waals surface area contributed by atoms with E-state index in [2.05, 4.69) is 5.32 Å². The molecule has 1 atom stereocenters. The van der Waals surface area contributed by atoms with Crippen molar-refractivity contribution in [2.75, 3.05) is 13.1 Å². The molecule has 0 aromatic carbocycles. The molecule has 0 bridgehead atoms. The van der Waals surface area contributed by atoms with Crippen LogP contribution in [0.15, 0.2) is 0 Å². The molecule has 0 aromatic heterocycles. The van der Waals surface area contributed by atoms with Gasteiger partial charge >= 0.3 is 20.7 Å². The highest BCUT2D eigenvalue weighted by atomic mass is 28.4. The van der Waals surface area contributed by atoms with Gasteiger partial charge in [0.1, 0.15) is 0 Å². The SMILES string of the molecule is O=C(O)CC(CNCCC[Si](O)(O)O)C(=O)O. The molecule has 0 saturated heterocycles. The minimum absolute atomic E-state index is 0.0154. The van der Waals surface area contributed by atoms with Crippen molar-refractivity contribution in [2.45, 2.75) is 18.9 Å². The summed E-state index contributed by atoms with van der Waals surface area (Å²) in [5.41, 5.74) is 0. The summed E-state index contributed by atoms with van der Waals surface area (Å²) in [6.45, 7) is 0.262. The fourth-order valence-corrected chi connectivity index (χ4v) is 1.84. The highest BCUT2D eigenvalue weighted by Gasteiger charge is 2.25. The first-order valence-electron chi connectivity index (χ1n) is 5.05. The summed E-state index contributed by atoms with van der Waals surface area (Å²) in [7, 11) is -4.03. The third-order valence-electron chi connectivity index (χ3n) is 2.03. The van der Waals surface area contributed by atoms with E-state index in [1.807, 2.05) is 0 Å². The van der Waals surface area contributed by atoms with Gasteiger partial charge in [-0.05, 0) is 13.0 Å². The first-order chi connectivity index (χ1) is 7.72. The third-order valence-corrected chi connectivity index (χ3v) is 3.05. The van der Waals surface area contributed by atoms with Crippen LogP contribution >= 0.6 is 0 Å². The maximum absolute atomic E-state index is 10.6. The molecule has 0 fully saturated rings. The lowest BCUT2D eigenvalue weighted by molar-refractivity contribution is -0.148. The molecule has 100 valence electrons. The standard InChI is InChI=1S/C8H17NO7Si/c10-7(11)4-6(8(12)13)5-9-2-1-3-17(14,15)16/h6,9,14-16H,1-5H2,(H,10,11)(H,12,13). The molecule has 0 rings (SSSR count). The Bertz CT molecular complexity index is 265. The zero-order valence-electron chi connectivity index (χ0n) is 9.17. The molecule has 6 N–H and O–H groups in total. The molecule has 0 heterocycles. The van der Waals surface area contributed by atoms with E-state index in [1.165, 1.54) is 0 Å². The summed E-state index contributed by atoms with van der Waals surface area (Å²) in [5.74, 6) is -3.41. The number of aliphatic carboxylic acids is 2. The summed E-state index contributed by atoms with van der Waals surface area (Å²) in [6.07, 6.45) is -0.198. The van der Waals surface area contributed by atoms with Crippen molar-refractivity contribution in [2.24, 2.45) is 5.92 Å². The van der Waals surface area contributed by atoms with Gasteiger partial charge in [-0.2, -0.15) is 0 Å². The number of rotatable bonds is 9. The minimum atomic E-state index is -4.03. The lowest BCUT2D eigenvalue weighted by Crippen LogP contribution is -2.36. The monoisotopic (exact) mass is 267 g/mol. The van der Waals surface area contributed by atoms with Crippen LogP contribution in [0.3, 0.4) is 0 Å². The summed E-state index contributed by atoms with van der Waals surface area (Å²) in [4.78, 5) is 47.0. The zero-order chi connectivity index (χ0) is 13.5. The molecular formula is C8H17NO7Si. The Morgan fingerprint density at radius 1 is 1.18 bits per heavy atom. The van der Waals surface area contributed by atoms with Gasteiger partial charge in [0, 0.05) is 12.6 Å². The van der Waals surface area contributed by atoms with E-state index in [9.17, 15) is 9.59 Å². The van der Waals surface area contributed by atoms with Crippen LogP contribution in [0.1, 0.15) is 12.8 Å². The van der Waals surface area contributed by atoms with Gasteiger partial charge in [-0.1, -0.05) is 0 Å². The van der Waals surface area contributed by atoms with Crippen molar-refractivity contribution >= 4 is 20.7 Å². The molecule has 0 aliphatic rings. The van der Waals surface area contributed by atoms with E-state index < -0.39 is 33.1 Å². The van der Waals surface area contributed by atoms with Crippen LogP contribution in [0.25, 0.3) is 0 Å². The Morgan fingerprint density at radius 2 is 1.76 bits per heavy atom. The Labute approximate surface area is 98.9 Å². The number of nitrogens with one attached hydrogen (secondary N) is 1. The molecule has 0 amide bonds. The van der Waals surface area contributed by atoms with Crippen molar-refractivity contribution in [3.63, 3.8) is 0 Å². The summed E-state index contributed by atoms with van der Waals surface area (Å²) < 4.78 is 0. The topological polar surface area (TPSA) is 147 Å². The number of hydrogen-bond donors (Lipinski definition) is 6. The van der Waals surface area contributed by atoms with Gasteiger partial charge in [0.25, 0.3) is 0 Å². The average Bonchev–Trinajstić information content (AvgIpc) is 2.12. The molecule has 0 spiro atoms. The summed E-state index contributed by atoms with van der Waals surface area (Å²) in [6, 6.07) is -0.142. The molecule has 0 radical (unpaired) electrons. The fraction of sp³-hybridized carbons (Fsp3) is 0.750. The quantitative estimate of drug-likeness (QED) is 0.209. The second-order valence-corrected chi connectivity index (χ2v) is 5.76. The van der Waals surface area contributed by atoms with Crippen molar-refractivity contribution in [1.29, 1.82) is 0 Å². The van der Waals surface area contributed by atoms with Crippen LogP contribution in [0.5, 0.6) is 0 Å². The molecular weight excluding hydrogens is 250 g/mol. The van der Waals surface area contributed by atoms with Gasteiger partial charge in [0.05, 0.1) is 12.3 Å². The molecule has 17 heavy (non-hydrogen) atoms. The van der Waals surface area contributed by atoms with Crippen molar-refractivity contribution in [3.8, 4) is 0 Å². The van der Waals surface area contributed by atoms with Gasteiger partial charge in [-0.25, -0.2) is 0 Å². The van der Waals surface area contributed by atoms with E-state index >= 15 is 0 Å². The molecule has 0 aromatic rings. The Kier molecular flexibility index (Phi) is 6.91. The summed E-state index contributed by atoms with van der Waals surface area (Å²) in [5, 5.41) is 19.8. The van der Waals surface area contributed by atoms with E-state index in [-0.39, 0.29) is 25.6 Å². The van der Waals surface area contributed by atoms with Crippen LogP contribution in [0.2, 0.25) is 6.04 Å². The molecule has 0 aliphatic carbocycles. The largest absolute Gasteiger partial charge is 0.492 e. The highest BCUT2D eigenvalue weighted by molar-refractivity contribution is 6.56. The number of carboxylic acid groups (broad SMARTS) is 2.